The Morgan fingerprint density at radius 3 is 2.43 bits per heavy atom. The molecule has 0 aromatic heterocycles. The molecule has 3 aromatic rings. The van der Waals surface area contributed by atoms with E-state index in [1.54, 1.807) is 0 Å². The van der Waals surface area contributed by atoms with Gasteiger partial charge in [0.2, 0.25) is 5.82 Å². The maximum atomic E-state index is 14.5. The highest BCUT2D eigenvalue weighted by Crippen LogP contribution is 2.39. The third-order valence-corrected chi connectivity index (χ3v) is 9.35. The zero-order valence-electron chi connectivity index (χ0n) is 25.2. The molecule has 11 heteroatoms. The second kappa shape index (κ2) is 13.8. The number of benzene rings is 3. The topological polar surface area (TPSA) is 82.1 Å². The number of nitrogens with one attached hydrogen (secondary N) is 1. The van der Waals surface area contributed by atoms with Gasteiger partial charge in [-0.25, -0.2) is 13.6 Å². The molecule has 0 unspecified atom stereocenters. The van der Waals surface area contributed by atoms with Crippen molar-refractivity contribution in [1.82, 2.24) is 15.1 Å². The number of carbonyl (C=O) groups excluding carboxylic acids is 1. The molecule has 2 N–H and O–H groups in total. The monoisotopic (exact) mass is 653 g/mol. The van der Waals surface area contributed by atoms with Crippen LogP contribution in [-0.2, 0) is 17.6 Å². The van der Waals surface area contributed by atoms with E-state index in [-0.39, 0.29) is 24.6 Å². The number of carboxylic acid groups (broad SMARTS) is 1. The van der Waals surface area contributed by atoms with Crippen LogP contribution < -0.4 is 10.1 Å². The maximum Gasteiger partial charge on any atom is 0.408 e. The average Bonchev–Trinajstić information content (AvgIpc) is 3.88. The molecule has 2 bridgehead atoms. The van der Waals surface area contributed by atoms with E-state index in [1.165, 1.54) is 4.90 Å². The summed E-state index contributed by atoms with van der Waals surface area (Å²) in [5.41, 5.74) is 4.13. The molecule has 242 valence electrons. The minimum Gasteiger partial charge on any atom is -0.488 e. The Hall–Kier alpha value is -4.02. The van der Waals surface area contributed by atoms with Gasteiger partial charge in [-0.15, -0.1) is 0 Å². The van der Waals surface area contributed by atoms with Gasteiger partial charge >= 0.3 is 6.09 Å². The first-order valence-corrected chi connectivity index (χ1v) is 16.0. The minimum atomic E-state index is -1.35. The fraction of sp³-hybridized carbons (Fsp3) is 0.371. The molecule has 2 heterocycles. The summed E-state index contributed by atoms with van der Waals surface area (Å²) in [5, 5.41) is 14.1. The van der Waals surface area contributed by atoms with Crippen LogP contribution in [0, 0.1) is 17.5 Å². The Bertz CT molecular complexity index is 1650. The van der Waals surface area contributed by atoms with Gasteiger partial charge in [0, 0.05) is 36.3 Å². The van der Waals surface area contributed by atoms with Crippen LogP contribution in [0.3, 0.4) is 0 Å². The molecule has 2 aliphatic heterocycles. The van der Waals surface area contributed by atoms with Gasteiger partial charge in [-0.2, -0.15) is 4.39 Å². The summed E-state index contributed by atoms with van der Waals surface area (Å²) >= 11 is 6.41. The number of nitrogens with zero attached hydrogens (tertiary/aromatic N) is 2. The Balaban J connectivity index is 1.23. The molecule has 1 saturated heterocycles. The molecule has 1 saturated carbocycles. The van der Waals surface area contributed by atoms with Crippen LogP contribution in [-0.4, -0.2) is 71.3 Å². The van der Waals surface area contributed by atoms with E-state index in [2.05, 4.69) is 5.32 Å². The third kappa shape index (κ3) is 6.73. The molecule has 3 aliphatic rings. The normalized spacial score (nSPS) is 19.3. The number of fused-ring (bicyclic) bond motifs is 2. The standard InChI is InChI=1S/C35H35ClF3N3O4/c36-27-6-2-1-5-23(27)15-16-41(24-11-12-24)34(43)31-26(18-25-19-40-20-30(31)42(25)35(44)45)22-9-7-21(8-10-22)4-3-17-46-33-29(38)14-13-28(37)32(33)39/h1-2,5-10,13-14,24-25,30,40H,3-4,11-12,15-20H2,(H,44,45)/t25-,30-/m1/s1. The van der Waals surface area contributed by atoms with Crippen molar-refractivity contribution in [2.75, 3.05) is 26.2 Å². The van der Waals surface area contributed by atoms with Crippen LogP contribution in [0.15, 0.2) is 66.2 Å². The van der Waals surface area contributed by atoms with Gasteiger partial charge in [-0.05, 0) is 79.0 Å². The zero-order chi connectivity index (χ0) is 32.4. The first kappa shape index (κ1) is 31.9. The molecule has 1 aliphatic carbocycles. The Morgan fingerprint density at radius 1 is 0.978 bits per heavy atom. The summed E-state index contributed by atoms with van der Waals surface area (Å²) in [6.07, 6.45) is 2.75. The van der Waals surface area contributed by atoms with Gasteiger partial charge in [0.05, 0.1) is 18.7 Å². The lowest BCUT2D eigenvalue weighted by Crippen LogP contribution is -2.63. The van der Waals surface area contributed by atoms with Crippen molar-refractivity contribution in [3.63, 3.8) is 0 Å². The zero-order valence-corrected chi connectivity index (χ0v) is 25.9. The summed E-state index contributed by atoms with van der Waals surface area (Å²) in [4.78, 5) is 30.2. The van der Waals surface area contributed by atoms with Gasteiger partial charge in [-0.1, -0.05) is 54.1 Å². The summed E-state index contributed by atoms with van der Waals surface area (Å²) < 4.78 is 46.4. The molecular weight excluding hydrogens is 619 g/mol. The quantitative estimate of drug-likeness (QED) is 0.183. The molecule has 3 aromatic carbocycles. The van der Waals surface area contributed by atoms with Gasteiger partial charge in [-0.3, -0.25) is 9.69 Å². The fourth-order valence-corrected chi connectivity index (χ4v) is 6.76. The van der Waals surface area contributed by atoms with Crippen molar-refractivity contribution in [3.05, 3.63) is 105 Å². The number of halogens is 4. The molecule has 2 atom stereocenters. The van der Waals surface area contributed by atoms with Gasteiger partial charge in [0.15, 0.2) is 17.4 Å². The van der Waals surface area contributed by atoms with Gasteiger partial charge < -0.3 is 20.1 Å². The van der Waals surface area contributed by atoms with Crippen molar-refractivity contribution in [1.29, 1.82) is 0 Å². The lowest BCUT2D eigenvalue weighted by Gasteiger charge is -2.47. The van der Waals surface area contributed by atoms with Crippen molar-refractivity contribution in [2.24, 2.45) is 0 Å². The first-order valence-electron chi connectivity index (χ1n) is 15.6. The number of hydrogen-bond donors (Lipinski definition) is 2. The summed E-state index contributed by atoms with van der Waals surface area (Å²) in [7, 11) is 0. The SMILES string of the molecule is O=C(C1=C(c2ccc(CCCOc3c(F)ccc(F)c3F)cc2)C[C@@H]2CNC[C@H]1N2C(=O)O)N(CCc1ccccc1Cl)C1CC1. The molecule has 2 fully saturated rings. The number of hydrogen-bond acceptors (Lipinski definition) is 4. The Morgan fingerprint density at radius 2 is 1.72 bits per heavy atom. The third-order valence-electron chi connectivity index (χ3n) is 8.99. The maximum absolute atomic E-state index is 14.5. The van der Waals surface area contributed by atoms with Crippen LogP contribution in [0.2, 0.25) is 5.02 Å². The van der Waals surface area contributed by atoms with Gasteiger partial charge in [0.1, 0.15) is 0 Å². The molecule has 0 spiro atoms. The van der Waals surface area contributed by atoms with E-state index >= 15 is 0 Å². The van der Waals surface area contributed by atoms with Crippen LogP contribution in [0.4, 0.5) is 18.0 Å². The molecule has 7 nitrogen and oxygen atoms in total. The van der Waals surface area contributed by atoms with Crippen molar-refractivity contribution < 1.29 is 32.6 Å². The smallest absolute Gasteiger partial charge is 0.408 e. The number of rotatable bonds is 11. The van der Waals surface area contributed by atoms with Crippen molar-refractivity contribution in [3.8, 4) is 5.75 Å². The summed E-state index contributed by atoms with van der Waals surface area (Å²) in [6, 6.07) is 16.1. The summed E-state index contributed by atoms with van der Waals surface area (Å²) in [5.74, 6) is -4.34. The van der Waals surface area contributed by atoms with E-state index in [0.29, 0.717) is 62.0 Å². The second-order valence-electron chi connectivity index (χ2n) is 12.0. The van der Waals surface area contributed by atoms with Gasteiger partial charge in [0.25, 0.3) is 5.91 Å². The molecule has 0 radical (unpaired) electrons. The predicted octanol–water partition coefficient (Wildman–Crippen LogP) is 6.48. The van der Waals surface area contributed by atoms with E-state index in [1.807, 2.05) is 53.4 Å². The van der Waals surface area contributed by atoms with Crippen molar-refractivity contribution in [2.45, 2.75) is 56.7 Å². The number of amides is 2. The van der Waals surface area contributed by atoms with Crippen LogP contribution >= 0.6 is 11.6 Å². The van der Waals surface area contributed by atoms with Crippen LogP contribution in [0.25, 0.3) is 5.57 Å². The van der Waals surface area contributed by atoms with Crippen LogP contribution in [0.5, 0.6) is 5.75 Å². The number of carbonyl (C=O) groups is 2. The first-order chi connectivity index (χ1) is 22.2. The lowest BCUT2D eigenvalue weighted by molar-refractivity contribution is -0.128. The van der Waals surface area contributed by atoms with E-state index < -0.39 is 35.3 Å². The Kier molecular flexibility index (Phi) is 9.56. The van der Waals surface area contributed by atoms with Crippen molar-refractivity contribution >= 4 is 29.2 Å². The number of ether oxygens (including phenoxy) is 1. The second-order valence-corrected chi connectivity index (χ2v) is 12.4. The molecule has 46 heavy (non-hydrogen) atoms. The molecular formula is C35H35ClF3N3O4. The predicted molar refractivity (Wildman–Crippen MR) is 168 cm³/mol. The number of piperazine rings is 1. The highest BCUT2D eigenvalue weighted by Gasteiger charge is 2.46. The highest BCUT2D eigenvalue weighted by molar-refractivity contribution is 6.31. The highest BCUT2D eigenvalue weighted by atomic mass is 35.5. The largest absolute Gasteiger partial charge is 0.488 e. The van der Waals surface area contributed by atoms with E-state index in [4.69, 9.17) is 16.3 Å². The van der Waals surface area contributed by atoms with E-state index in [0.717, 1.165) is 41.2 Å². The fourth-order valence-electron chi connectivity index (χ4n) is 6.53. The average molecular weight is 654 g/mol. The van der Waals surface area contributed by atoms with Crippen LogP contribution in [0.1, 0.15) is 42.4 Å². The number of aryl methyl sites for hydroxylation is 1. The van der Waals surface area contributed by atoms with E-state index in [9.17, 15) is 27.9 Å². The Labute approximate surface area is 270 Å². The molecule has 2 amide bonds. The summed E-state index contributed by atoms with van der Waals surface area (Å²) in [6.45, 7) is 1.32. The minimum absolute atomic E-state index is 0.00454. The lowest BCUT2D eigenvalue weighted by atomic mass is 9.81. The molecule has 6 rings (SSSR count).